The second kappa shape index (κ2) is 6.81. The summed E-state index contributed by atoms with van der Waals surface area (Å²) in [7, 11) is 0. The number of nitrogen functional groups attached to an aromatic ring is 1. The van der Waals surface area contributed by atoms with Crippen LogP contribution in [0.15, 0.2) is 22.7 Å². The first-order valence-electron chi connectivity index (χ1n) is 6.47. The molecule has 6 nitrogen and oxygen atoms in total. The van der Waals surface area contributed by atoms with E-state index in [1.807, 2.05) is 18.2 Å². The van der Waals surface area contributed by atoms with E-state index in [0.717, 1.165) is 16.6 Å². The highest BCUT2D eigenvalue weighted by Crippen LogP contribution is 2.28. The Balaban J connectivity index is 2.10. The summed E-state index contributed by atoms with van der Waals surface area (Å²) in [6.45, 7) is 6.16. The molecule has 2 aromatic rings. The van der Waals surface area contributed by atoms with Gasteiger partial charge in [0.2, 0.25) is 0 Å². The summed E-state index contributed by atoms with van der Waals surface area (Å²) >= 11 is 3.49. The van der Waals surface area contributed by atoms with Crippen LogP contribution in [0.25, 0.3) is 11.4 Å². The molecular formula is C13H18BrN5O. The Morgan fingerprint density at radius 1 is 1.40 bits per heavy atom. The van der Waals surface area contributed by atoms with E-state index in [0.29, 0.717) is 30.6 Å². The molecule has 0 atom stereocenters. The van der Waals surface area contributed by atoms with Crippen molar-refractivity contribution in [3.05, 3.63) is 22.7 Å². The van der Waals surface area contributed by atoms with E-state index in [9.17, 15) is 0 Å². The summed E-state index contributed by atoms with van der Waals surface area (Å²) in [6, 6.07) is 5.56. The standard InChI is InChI=1S/C13H18BrN5O/c1-9(2)8-20-6-5-19-13(16-17-18-19)11-7-10(15)3-4-12(11)14/h3-4,7,9H,5-6,8,15H2,1-2H3. The van der Waals surface area contributed by atoms with E-state index in [1.54, 1.807) is 4.68 Å². The summed E-state index contributed by atoms with van der Waals surface area (Å²) in [5.41, 5.74) is 7.36. The van der Waals surface area contributed by atoms with Gasteiger partial charge in [-0.1, -0.05) is 29.8 Å². The predicted octanol–water partition coefficient (Wildman–Crippen LogP) is 2.36. The molecule has 0 radical (unpaired) electrons. The quantitative estimate of drug-likeness (QED) is 0.645. The third kappa shape index (κ3) is 3.77. The average Bonchev–Trinajstić information content (AvgIpc) is 2.85. The van der Waals surface area contributed by atoms with Gasteiger partial charge < -0.3 is 10.5 Å². The lowest BCUT2D eigenvalue weighted by Crippen LogP contribution is -2.11. The molecular weight excluding hydrogens is 322 g/mol. The Hall–Kier alpha value is -1.47. The first-order chi connectivity index (χ1) is 9.58. The number of nitrogens with zero attached hydrogens (tertiary/aromatic N) is 4. The molecule has 0 bridgehead atoms. The molecule has 0 spiro atoms. The highest BCUT2D eigenvalue weighted by molar-refractivity contribution is 9.10. The van der Waals surface area contributed by atoms with Gasteiger partial charge in [-0.15, -0.1) is 5.10 Å². The number of benzene rings is 1. The number of hydrogen-bond donors (Lipinski definition) is 1. The molecule has 0 aliphatic rings. The van der Waals surface area contributed by atoms with Crippen molar-refractivity contribution in [2.24, 2.45) is 5.92 Å². The first-order valence-corrected chi connectivity index (χ1v) is 7.26. The number of tetrazole rings is 1. The van der Waals surface area contributed by atoms with Crippen LogP contribution < -0.4 is 5.73 Å². The monoisotopic (exact) mass is 339 g/mol. The fourth-order valence-corrected chi connectivity index (χ4v) is 2.16. The number of nitrogens with two attached hydrogens (primary N) is 1. The minimum atomic E-state index is 0.520. The van der Waals surface area contributed by atoms with Crippen LogP contribution in [-0.4, -0.2) is 33.4 Å². The van der Waals surface area contributed by atoms with Gasteiger partial charge in [0.1, 0.15) is 0 Å². The Morgan fingerprint density at radius 3 is 2.95 bits per heavy atom. The topological polar surface area (TPSA) is 78.8 Å². The van der Waals surface area contributed by atoms with Gasteiger partial charge in [0, 0.05) is 22.3 Å². The highest BCUT2D eigenvalue weighted by Gasteiger charge is 2.12. The molecule has 1 heterocycles. The van der Waals surface area contributed by atoms with Crippen molar-refractivity contribution in [3.63, 3.8) is 0 Å². The Bertz CT molecular complexity index is 570. The molecule has 108 valence electrons. The fourth-order valence-electron chi connectivity index (χ4n) is 1.73. The maximum absolute atomic E-state index is 5.82. The van der Waals surface area contributed by atoms with E-state index in [-0.39, 0.29) is 0 Å². The van der Waals surface area contributed by atoms with Crippen LogP contribution in [0.4, 0.5) is 5.69 Å². The number of ether oxygens (including phenoxy) is 1. The Labute approximate surface area is 126 Å². The van der Waals surface area contributed by atoms with Gasteiger partial charge in [0.15, 0.2) is 5.82 Å². The van der Waals surface area contributed by atoms with Crippen LogP contribution in [0.5, 0.6) is 0 Å². The maximum Gasteiger partial charge on any atom is 0.183 e. The van der Waals surface area contributed by atoms with Gasteiger partial charge in [-0.2, -0.15) is 0 Å². The Kier molecular flexibility index (Phi) is 5.08. The maximum atomic E-state index is 5.82. The summed E-state index contributed by atoms with van der Waals surface area (Å²) in [4.78, 5) is 0. The molecule has 0 aliphatic carbocycles. The molecule has 0 aliphatic heterocycles. The SMILES string of the molecule is CC(C)COCCn1nnnc1-c1cc(N)ccc1Br. The van der Waals surface area contributed by atoms with Crippen LogP contribution in [0.2, 0.25) is 0 Å². The van der Waals surface area contributed by atoms with Crippen molar-refractivity contribution in [2.45, 2.75) is 20.4 Å². The number of aromatic nitrogens is 4. The number of hydrogen-bond acceptors (Lipinski definition) is 5. The molecule has 7 heteroatoms. The number of rotatable bonds is 6. The van der Waals surface area contributed by atoms with Gasteiger partial charge in [-0.05, 0) is 34.5 Å². The second-order valence-corrected chi connectivity index (χ2v) is 5.79. The van der Waals surface area contributed by atoms with Gasteiger partial charge in [-0.25, -0.2) is 4.68 Å². The molecule has 2 N–H and O–H groups in total. The van der Waals surface area contributed by atoms with Crippen LogP contribution >= 0.6 is 15.9 Å². The third-order valence-corrected chi connectivity index (χ3v) is 3.35. The molecule has 20 heavy (non-hydrogen) atoms. The molecule has 2 rings (SSSR count). The van der Waals surface area contributed by atoms with E-state index in [1.165, 1.54) is 0 Å². The predicted molar refractivity (Wildman–Crippen MR) is 81.0 cm³/mol. The van der Waals surface area contributed by atoms with Crippen LogP contribution in [0.3, 0.4) is 0 Å². The zero-order chi connectivity index (χ0) is 14.5. The molecule has 1 aromatic heterocycles. The first kappa shape index (κ1) is 14.9. The smallest absolute Gasteiger partial charge is 0.183 e. The lowest BCUT2D eigenvalue weighted by atomic mass is 10.2. The molecule has 0 unspecified atom stereocenters. The van der Waals surface area contributed by atoms with Crippen molar-refractivity contribution in [2.75, 3.05) is 18.9 Å². The van der Waals surface area contributed by atoms with Gasteiger partial charge in [0.05, 0.1) is 13.2 Å². The zero-order valence-corrected chi connectivity index (χ0v) is 13.2. The minimum absolute atomic E-state index is 0.520. The van der Waals surface area contributed by atoms with Crippen LogP contribution in [0, 0.1) is 5.92 Å². The highest BCUT2D eigenvalue weighted by atomic mass is 79.9. The molecule has 0 amide bonds. The largest absolute Gasteiger partial charge is 0.399 e. The van der Waals surface area contributed by atoms with Crippen LogP contribution in [-0.2, 0) is 11.3 Å². The van der Waals surface area contributed by atoms with Crippen LogP contribution in [0.1, 0.15) is 13.8 Å². The summed E-state index contributed by atoms with van der Waals surface area (Å²) in [5.74, 6) is 1.20. The zero-order valence-electron chi connectivity index (χ0n) is 11.6. The van der Waals surface area contributed by atoms with E-state index in [2.05, 4.69) is 45.3 Å². The van der Waals surface area contributed by atoms with Gasteiger partial charge in [-0.3, -0.25) is 0 Å². The summed E-state index contributed by atoms with van der Waals surface area (Å²) < 4.78 is 8.19. The average molecular weight is 340 g/mol. The molecule has 0 saturated heterocycles. The van der Waals surface area contributed by atoms with Crippen molar-refractivity contribution in [1.29, 1.82) is 0 Å². The third-order valence-electron chi connectivity index (χ3n) is 2.66. The molecule has 1 aromatic carbocycles. The van der Waals surface area contributed by atoms with Crippen molar-refractivity contribution >= 4 is 21.6 Å². The molecule has 0 saturated carbocycles. The summed E-state index contributed by atoms with van der Waals surface area (Å²) in [5, 5.41) is 11.8. The Morgan fingerprint density at radius 2 is 2.20 bits per heavy atom. The van der Waals surface area contributed by atoms with Crippen molar-refractivity contribution < 1.29 is 4.74 Å². The lowest BCUT2D eigenvalue weighted by Gasteiger charge is -2.09. The normalized spacial score (nSPS) is 11.2. The van der Waals surface area contributed by atoms with Crippen molar-refractivity contribution in [1.82, 2.24) is 20.2 Å². The van der Waals surface area contributed by atoms with E-state index >= 15 is 0 Å². The van der Waals surface area contributed by atoms with Gasteiger partial charge in [0.25, 0.3) is 0 Å². The van der Waals surface area contributed by atoms with E-state index < -0.39 is 0 Å². The van der Waals surface area contributed by atoms with Gasteiger partial charge >= 0.3 is 0 Å². The molecule has 0 fully saturated rings. The minimum Gasteiger partial charge on any atom is -0.399 e. The van der Waals surface area contributed by atoms with E-state index in [4.69, 9.17) is 10.5 Å². The second-order valence-electron chi connectivity index (χ2n) is 4.93. The lowest BCUT2D eigenvalue weighted by molar-refractivity contribution is 0.101. The fraction of sp³-hybridized carbons (Fsp3) is 0.462. The van der Waals surface area contributed by atoms with Crippen molar-refractivity contribution in [3.8, 4) is 11.4 Å². The number of halogens is 1. The number of anilines is 1. The summed E-state index contributed by atoms with van der Waals surface area (Å²) in [6.07, 6.45) is 0.